The first-order valence-electron chi connectivity index (χ1n) is 6.54. The number of amides is 1. The molecule has 1 aromatic heterocycles. The van der Waals surface area contributed by atoms with Gasteiger partial charge >= 0.3 is 0 Å². The minimum atomic E-state index is -0.708. The van der Waals surface area contributed by atoms with Crippen molar-refractivity contribution in [2.45, 2.75) is 24.9 Å². The highest BCUT2D eigenvalue weighted by molar-refractivity contribution is 5.94. The van der Waals surface area contributed by atoms with Crippen LogP contribution in [0.5, 0.6) is 0 Å². The lowest BCUT2D eigenvalue weighted by molar-refractivity contribution is -0.0300. The van der Waals surface area contributed by atoms with E-state index in [-0.39, 0.29) is 5.91 Å². The number of hydrogen-bond acceptors (Lipinski definition) is 5. The Morgan fingerprint density at radius 3 is 2.65 bits per heavy atom. The van der Waals surface area contributed by atoms with E-state index in [1.165, 1.54) is 6.39 Å². The maximum atomic E-state index is 12.0. The third-order valence-electron chi connectivity index (χ3n) is 3.63. The SMILES string of the molecule is O=C(NCC1(O)CCC1)c1ccc(-c2ncon2)cc1. The Labute approximate surface area is 115 Å². The molecule has 2 N–H and O–H groups in total. The van der Waals surface area contributed by atoms with Crippen molar-refractivity contribution in [3.8, 4) is 11.4 Å². The van der Waals surface area contributed by atoms with Gasteiger partial charge in [-0.1, -0.05) is 17.3 Å². The van der Waals surface area contributed by atoms with Crippen LogP contribution in [0.3, 0.4) is 0 Å². The van der Waals surface area contributed by atoms with Crippen molar-refractivity contribution in [1.82, 2.24) is 15.5 Å². The fraction of sp³-hybridized carbons (Fsp3) is 0.357. The van der Waals surface area contributed by atoms with Gasteiger partial charge in [-0.05, 0) is 31.4 Å². The Morgan fingerprint density at radius 2 is 2.10 bits per heavy atom. The summed E-state index contributed by atoms with van der Waals surface area (Å²) in [5.41, 5.74) is 0.619. The molecule has 1 aliphatic rings. The molecule has 1 aromatic carbocycles. The monoisotopic (exact) mass is 273 g/mol. The van der Waals surface area contributed by atoms with Crippen molar-refractivity contribution in [1.29, 1.82) is 0 Å². The molecular weight excluding hydrogens is 258 g/mol. The second-order valence-corrected chi connectivity index (χ2v) is 5.09. The van der Waals surface area contributed by atoms with E-state index in [1.54, 1.807) is 24.3 Å². The third-order valence-corrected chi connectivity index (χ3v) is 3.63. The highest BCUT2D eigenvalue weighted by atomic mass is 16.5. The molecule has 6 nitrogen and oxygen atoms in total. The van der Waals surface area contributed by atoms with Crippen molar-refractivity contribution in [2.24, 2.45) is 0 Å². The normalized spacial score (nSPS) is 16.4. The second-order valence-electron chi connectivity index (χ2n) is 5.09. The van der Waals surface area contributed by atoms with Crippen LogP contribution in [-0.4, -0.2) is 33.3 Å². The molecule has 0 unspecified atom stereocenters. The van der Waals surface area contributed by atoms with Crippen molar-refractivity contribution in [2.75, 3.05) is 6.54 Å². The number of nitrogens with zero attached hydrogens (tertiary/aromatic N) is 2. The first-order valence-corrected chi connectivity index (χ1v) is 6.54. The van der Waals surface area contributed by atoms with Gasteiger partial charge in [-0.15, -0.1) is 0 Å². The summed E-state index contributed by atoms with van der Waals surface area (Å²) >= 11 is 0. The zero-order chi connectivity index (χ0) is 14.0. The molecule has 3 rings (SSSR count). The van der Waals surface area contributed by atoms with Gasteiger partial charge < -0.3 is 14.9 Å². The maximum Gasteiger partial charge on any atom is 0.251 e. The van der Waals surface area contributed by atoms with Crippen molar-refractivity contribution in [3.05, 3.63) is 36.2 Å². The van der Waals surface area contributed by atoms with Gasteiger partial charge in [0, 0.05) is 17.7 Å². The summed E-state index contributed by atoms with van der Waals surface area (Å²) in [5, 5.41) is 16.4. The molecular formula is C14H15N3O3. The lowest BCUT2D eigenvalue weighted by atomic mass is 9.80. The predicted molar refractivity (Wildman–Crippen MR) is 70.9 cm³/mol. The quantitative estimate of drug-likeness (QED) is 0.878. The number of benzene rings is 1. The molecule has 1 amide bonds. The Bertz CT molecular complexity index is 589. The predicted octanol–water partition coefficient (Wildman–Crippen LogP) is 1.38. The first-order chi connectivity index (χ1) is 9.66. The van der Waals surface area contributed by atoms with Gasteiger partial charge in [0.1, 0.15) is 0 Å². The second kappa shape index (κ2) is 5.05. The van der Waals surface area contributed by atoms with Crippen LogP contribution in [0.15, 0.2) is 35.2 Å². The topological polar surface area (TPSA) is 88.2 Å². The highest BCUT2D eigenvalue weighted by Crippen LogP contribution is 2.30. The summed E-state index contributed by atoms with van der Waals surface area (Å²) in [6.07, 6.45) is 3.79. The van der Waals surface area contributed by atoms with E-state index in [2.05, 4.69) is 20.0 Å². The molecule has 1 saturated carbocycles. The average Bonchev–Trinajstić information content (AvgIpc) is 2.97. The van der Waals surface area contributed by atoms with Gasteiger partial charge in [0.25, 0.3) is 5.91 Å². The summed E-state index contributed by atoms with van der Waals surface area (Å²) < 4.78 is 4.67. The summed E-state index contributed by atoms with van der Waals surface area (Å²) in [5.74, 6) is 0.297. The summed E-state index contributed by atoms with van der Waals surface area (Å²) in [4.78, 5) is 15.9. The standard InChI is InChI=1S/C14H15N3O3/c18-13(15-8-14(19)6-1-7-14)11-4-2-10(3-5-11)12-16-9-20-17-12/h2-5,9,19H,1,6-8H2,(H,15,18). The van der Waals surface area contributed by atoms with Crippen LogP contribution in [0.4, 0.5) is 0 Å². The van der Waals surface area contributed by atoms with E-state index in [4.69, 9.17) is 0 Å². The first kappa shape index (κ1) is 12.8. The molecule has 0 aliphatic heterocycles. The molecule has 1 fully saturated rings. The summed E-state index contributed by atoms with van der Waals surface area (Å²) in [6.45, 7) is 0.304. The van der Waals surface area contributed by atoms with Gasteiger partial charge in [-0.2, -0.15) is 4.98 Å². The van der Waals surface area contributed by atoms with Crippen LogP contribution in [0.1, 0.15) is 29.6 Å². The van der Waals surface area contributed by atoms with E-state index in [0.29, 0.717) is 17.9 Å². The molecule has 0 saturated heterocycles. The number of aromatic nitrogens is 2. The Balaban J connectivity index is 1.63. The van der Waals surface area contributed by atoms with Gasteiger partial charge in [-0.3, -0.25) is 4.79 Å². The van der Waals surface area contributed by atoms with E-state index >= 15 is 0 Å². The van der Waals surface area contributed by atoms with Crippen LogP contribution >= 0.6 is 0 Å². The van der Waals surface area contributed by atoms with E-state index in [1.807, 2.05) is 0 Å². The Kier molecular flexibility index (Phi) is 3.23. The van der Waals surface area contributed by atoms with Crippen LogP contribution in [0, 0.1) is 0 Å². The van der Waals surface area contributed by atoms with Crippen LogP contribution in [0.25, 0.3) is 11.4 Å². The lowest BCUT2D eigenvalue weighted by Crippen LogP contribution is -2.47. The molecule has 1 heterocycles. The molecule has 0 radical (unpaired) electrons. The number of carbonyl (C=O) groups excluding carboxylic acids is 1. The molecule has 1 aliphatic carbocycles. The van der Waals surface area contributed by atoms with E-state index < -0.39 is 5.60 Å². The number of hydrogen-bond donors (Lipinski definition) is 2. The van der Waals surface area contributed by atoms with Crippen molar-refractivity contribution in [3.63, 3.8) is 0 Å². The number of nitrogens with one attached hydrogen (secondary N) is 1. The molecule has 0 bridgehead atoms. The third kappa shape index (κ3) is 2.55. The molecule has 0 spiro atoms. The van der Waals surface area contributed by atoms with Crippen LogP contribution in [0.2, 0.25) is 0 Å². The van der Waals surface area contributed by atoms with Crippen LogP contribution in [-0.2, 0) is 0 Å². The molecule has 104 valence electrons. The average molecular weight is 273 g/mol. The minimum absolute atomic E-state index is 0.190. The van der Waals surface area contributed by atoms with Crippen LogP contribution < -0.4 is 5.32 Å². The largest absolute Gasteiger partial charge is 0.388 e. The maximum absolute atomic E-state index is 12.0. The van der Waals surface area contributed by atoms with Crippen molar-refractivity contribution >= 4 is 5.91 Å². The Morgan fingerprint density at radius 1 is 1.35 bits per heavy atom. The van der Waals surface area contributed by atoms with Gasteiger partial charge in [0.15, 0.2) is 0 Å². The zero-order valence-corrected chi connectivity index (χ0v) is 10.9. The minimum Gasteiger partial charge on any atom is -0.388 e. The fourth-order valence-corrected chi connectivity index (χ4v) is 2.18. The van der Waals surface area contributed by atoms with E-state index in [0.717, 1.165) is 24.8 Å². The van der Waals surface area contributed by atoms with Crippen molar-refractivity contribution < 1.29 is 14.4 Å². The highest BCUT2D eigenvalue weighted by Gasteiger charge is 2.34. The number of aliphatic hydroxyl groups is 1. The smallest absolute Gasteiger partial charge is 0.251 e. The van der Waals surface area contributed by atoms with E-state index in [9.17, 15) is 9.90 Å². The zero-order valence-electron chi connectivity index (χ0n) is 10.9. The fourth-order valence-electron chi connectivity index (χ4n) is 2.18. The number of rotatable bonds is 4. The molecule has 0 atom stereocenters. The molecule has 20 heavy (non-hydrogen) atoms. The summed E-state index contributed by atoms with van der Waals surface area (Å²) in [6, 6.07) is 6.92. The van der Waals surface area contributed by atoms with Gasteiger partial charge in [-0.25, -0.2) is 0 Å². The summed E-state index contributed by atoms with van der Waals surface area (Å²) in [7, 11) is 0. The molecule has 6 heteroatoms. The lowest BCUT2D eigenvalue weighted by Gasteiger charge is -2.36. The Hall–Kier alpha value is -2.21. The van der Waals surface area contributed by atoms with Gasteiger partial charge in [0.2, 0.25) is 12.2 Å². The molecule has 2 aromatic rings. The van der Waals surface area contributed by atoms with Gasteiger partial charge in [0.05, 0.1) is 5.60 Å². The number of carbonyl (C=O) groups is 1.